The molecule has 7 heterocycles. The minimum absolute atomic E-state index is 0.283. The Labute approximate surface area is 469 Å². The average molecular weight is 1250 g/mol. The summed E-state index contributed by atoms with van der Waals surface area (Å²) in [5.74, 6) is -1.28. The highest BCUT2D eigenvalue weighted by atomic mass is 32.2. The Morgan fingerprint density at radius 2 is 0.449 bits per heavy atom. The molecule has 0 aromatic carbocycles. The van der Waals surface area contributed by atoms with Crippen LogP contribution in [0.5, 0.6) is 0 Å². The van der Waals surface area contributed by atoms with E-state index in [2.05, 4.69) is 0 Å². The van der Waals surface area contributed by atoms with Gasteiger partial charge < -0.3 is 151 Å². The monoisotopic (exact) mass is 1250 g/mol. The molecule has 7 aliphatic rings. The molecule has 7 fully saturated rings. The Balaban J connectivity index is 1.10. The molecule has 78 heavy (non-hydrogen) atoms. The summed E-state index contributed by atoms with van der Waals surface area (Å²) >= 11 is 4.30. The minimum Gasteiger partial charge on any atom is -0.394 e. The van der Waals surface area contributed by atoms with Gasteiger partial charge in [-0.3, -0.25) is 0 Å². The van der Waals surface area contributed by atoms with Crippen molar-refractivity contribution in [1.29, 1.82) is 0 Å². The van der Waals surface area contributed by atoms with E-state index in [1.54, 1.807) is 0 Å². The van der Waals surface area contributed by atoms with Gasteiger partial charge in [-0.2, -0.15) is 0 Å². The molecule has 36 heteroatoms. The van der Waals surface area contributed by atoms with Crippen LogP contribution in [0.2, 0.25) is 0 Å². The molecule has 0 bridgehead atoms. The van der Waals surface area contributed by atoms with Gasteiger partial charge in [-0.25, -0.2) is 0 Å². The molecular formula is C42H72O30S6. The van der Waals surface area contributed by atoms with Crippen LogP contribution in [0, 0.1) is 0 Å². The molecule has 7 saturated heterocycles. The van der Waals surface area contributed by atoms with Gasteiger partial charge in [0.15, 0.2) is 6.29 Å². The summed E-state index contributed by atoms with van der Waals surface area (Å²) < 4.78 is 40.6. The number of thioether (sulfide) groups is 6. The summed E-state index contributed by atoms with van der Waals surface area (Å²) in [4.78, 5) is 0. The fourth-order valence-electron chi connectivity index (χ4n) is 9.57. The molecule has 456 valence electrons. The highest BCUT2D eigenvalue weighted by Gasteiger charge is 2.55. The van der Waals surface area contributed by atoms with Crippen molar-refractivity contribution in [3.05, 3.63) is 0 Å². The van der Waals surface area contributed by atoms with E-state index < -0.39 is 228 Å². The molecule has 0 aliphatic carbocycles. The molecule has 0 amide bonds. The smallest absolute Gasteiger partial charge is 0.183 e. The van der Waals surface area contributed by atoms with E-state index in [1.165, 1.54) is 0 Å². The molecular weight excluding hydrogens is 1180 g/mol. The van der Waals surface area contributed by atoms with E-state index in [-0.39, 0.29) is 23.0 Å². The van der Waals surface area contributed by atoms with Crippen molar-refractivity contribution in [2.45, 2.75) is 208 Å². The zero-order chi connectivity index (χ0) is 57.3. The van der Waals surface area contributed by atoms with Gasteiger partial charge in [-0.1, -0.05) is 0 Å². The highest BCUT2D eigenvalue weighted by Crippen LogP contribution is 2.45. The van der Waals surface area contributed by atoms with Gasteiger partial charge in [0.05, 0.1) is 66.9 Å². The second-order valence-electron chi connectivity index (χ2n) is 19.7. The molecule has 0 saturated carbocycles. The van der Waals surface area contributed by atoms with Crippen LogP contribution < -0.4 is 0 Å². The standard InChI is InChI=1S/C42H72O30S6/c43-1-8-15(46)23(54)28(59)37(67-8)74-6-13-20(51)34(77-41-30(61)24(55)16(47)9(2-44)68-41)33(64)40(71-13)76-7-14-21(52)35(78-42-31(62)25(56)17(48)10(3-45)69-42)32(63)39(72-14)75-5-12-19(50)26(57)29(60)38(70-12)73-4-11-18(49)22(53)27(58)36(65)66-11/h8-65H,1-7H2/t8-,9-,10-,11-,12-,13-,14-,15-,16-,17-,18-,19-,20-,21-,22+,23+,24+,25+,26+,27-,28-,29-,30-,31-,32-,33-,34+,35+,36+,37+,38+,39+,40+,41+,42+/m1/s1. The maximum atomic E-state index is 12.0. The van der Waals surface area contributed by atoms with Crippen molar-refractivity contribution in [2.24, 2.45) is 0 Å². The molecule has 0 spiro atoms. The lowest BCUT2D eigenvalue weighted by molar-refractivity contribution is -0.276. The fraction of sp³-hybridized carbons (Fsp3) is 1.00. The molecule has 35 atom stereocenters. The molecule has 23 N–H and O–H groups in total. The molecule has 30 nitrogen and oxygen atoms in total. The Morgan fingerprint density at radius 1 is 0.218 bits per heavy atom. The summed E-state index contributed by atoms with van der Waals surface area (Å²) in [5, 5.41) is 243. The van der Waals surface area contributed by atoms with Gasteiger partial charge in [0.25, 0.3) is 0 Å². The number of rotatable bonds is 19. The number of aliphatic hydroxyl groups is 23. The second kappa shape index (κ2) is 29.1. The van der Waals surface area contributed by atoms with Crippen LogP contribution in [0.1, 0.15) is 0 Å². The first-order chi connectivity index (χ1) is 36.8. The Kier molecular flexibility index (Phi) is 24.8. The maximum absolute atomic E-state index is 12.0. The van der Waals surface area contributed by atoms with Crippen LogP contribution in [-0.2, 0) is 33.2 Å². The lowest BCUT2D eigenvalue weighted by Crippen LogP contribution is -2.62. The minimum atomic E-state index is -1.88. The van der Waals surface area contributed by atoms with Gasteiger partial charge in [0.2, 0.25) is 0 Å². The molecule has 0 unspecified atom stereocenters. The summed E-state index contributed by atoms with van der Waals surface area (Å²) in [6, 6.07) is 0. The summed E-state index contributed by atoms with van der Waals surface area (Å²) in [6.45, 7) is -2.38. The zero-order valence-corrected chi connectivity index (χ0v) is 45.6. The molecule has 7 rings (SSSR count). The van der Waals surface area contributed by atoms with Crippen molar-refractivity contribution < 1.29 is 151 Å². The number of hydrogen-bond donors (Lipinski definition) is 23. The quantitative estimate of drug-likeness (QED) is 0.0571. The van der Waals surface area contributed by atoms with Gasteiger partial charge in [0, 0.05) is 23.0 Å². The summed E-state index contributed by atoms with van der Waals surface area (Å²) in [6.07, 6.45) is -45.1. The van der Waals surface area contributed by atoms with E-state index >= 15 is 0 Å². The van der Waals surface area contributed by atoms with E-state index in [9.17, 15) is 117 Å². The Hall–Kier alpha value is 0.900. The van der Waals surface area contributed by atoms with Crippen LogP contribution in [0.4, 0.5) is 0 Å². The van der Waals surface area contributed by atoms with Crippen molar-refractivity contribution in [2.75, 3.05) is 42.8 Å². The average Bonchev–Trinajstić information content (AvgIpc) is 3.52. The van der Waals surface area contributed by atoms with Crippen molar-refractivity contribution >= 4 is 70.6 Å². The summed E-state index contributed by atoms with van der Waals surface area (Å²) in [5.41, 5.74) is -8.54. The van der Waals surface area contributed by atoms with E-state index in [0.29, 0.717) is 23.5 Å². The molecule has 0 aromatic heterocycles. The first kappa shape index (κ1) is 66.4. The lowest BCUT2D eigenvalue weighted by atomic mass is 10.00. The highest BCUT2D eigenvalue weighted by molar-refractivity contribution is 8.02. The van der Waals surface area contributed by atoms with E-state index in [4.69, 9.17) is 33.2 Å². The normalized spacial score (nSPS) is 53.5. The zero-order valence-electron chi connectivity index (χ0n) is 40.8. The Bertz CT molecular complexity index is 1840. The number of ether oxygens (including phenoxy) is 7. The van der Waals surface area contributed by atoms with Gasteiger partial charge >= 0.3 is 0 Å². The van der Waals surface area contributed by atoms with Crippen LogP contribution in [0.15, 0.2) is 0 Å². The van der Waals surface area contributed by atoms with E-state index in [1.807, 2.05) is 0 Å². The van der Waals surface area contributed by atoms with Crippen LogP contribution in [-0.4, -0.2) is 368 Å². The fourth-order valence-corrected chi connectivity index (χ4v) is 17.7. The van der Waals surface area contributed by atoms with Crippen molar-refractivity contribution in [1.82, 2.24) is 0 Å². The van der Waals surface area contributed by atoms with Gasteiger partial charge in [-0.15, -0.1) is 70.6 Å². The predicted molar refractivity (Wildman–Crippen MR) is 271 cm³/mol. The van der Waals surface area contributed by atoms with E-state index in [0.717, 1.165) is 47.0 Å². The van der Waals surface area contributed by atoms with Crippen molar-refractivity contribution in [3.63, 3.8) is 0 Å². The van der Waals surface area contributed by atoms with Crippen LogP contribution in [0.25, 0.3) is 0 Å². The molecule has 7 aliphatic heterocycles. The van der Waals surface area contributed by atoms with Crippen molar-refractivity contribution in [3.8, 4) is 0 Å². The second-order valence-corrected chi connectivity index (χ2v) is 26.8. The number of hydrogen-bond acceptors (Lipinski definition) is 36. The third kappa shape index (κ3) is 14.5. The van der Waals surface area contributed by atoms with Gasteiger partial charge in [0.1, 0.15) is 155 Å². The Morgan fingerprint density at radius 3 is 0.769 bits per heavy atom. The third-order valence-electron chi connectivity index (χ3n) is 14.5. The maximum Gasteiger partial charge on any atom is 0.183 e. The summed E-state index contributed by atoms with van der Waals surface area (Å²) in [7, 11) is 0. The third-order valence-corrected chi connectivity index (χ3v) is 22.5. The van der Waals surface area contributed by atoms with Gasteiger partial charge in [-0.05, 0) is 0 Å². The number of aliphatic hydroxyl groups excluding tert-OH is 23. The first-order valence-corrected chi connectivity index (χ1v) is 30.7. The lowest BCUT2D eigenvalue weighted by Gasteiger charge is -2.48. The topological polar surface area (TPSA) is 530 Å². The molecule has 0 radical (unpaired) electrons. The molecule has 0 aromatic rings. The first-order valence-electron chi connectivity index (χ1n) is 24.6. The van der Waals surface area contributed by atoms with Crippen LogP contribution >= 0.6 is 70.6 Å². The SMILES string of the molecule is OC[C@H]1O[C@@H](SC[C@H]2O[C@@H](SC[C@H]3O[C@@H](SC[C@H]4O[C@@H](SC[C@H]5O[C@H](O)[C@H](O)[C@@H](O)[C@@H]5O)[C@H](O)[C@@H](O)[C@@H]4O)[C@H](O)[C@@H](S[C@@H]4O[C@H](CO)[C@@H](O)[C@H](O)[C@H]4O)[C@@H]3O)[C@H](O)[C@@H](S[C@@H]3O[C@H](CO)[C@@H](O)[C@H](O)[C@H]3O)[C@@H]2O)[C@H](O)[C@@H](O)[C@@H]1O. The predicted octanol–water partition coefficient (Wildman–Crippen LogP) is -12.0. The largest absolute Gasteiger partial charge is 0.394 e. The van der Waals surface area contributed by atoms with Crippen LogP contribution in [0.3, 0.4) is 0 Å².